The van der Waals surface area contributed by atoms with Crippen LogP contribution in [0, 0.1) is 0 Å². The second kappa shape index (κ2) is 7.39. The highest BCUT2D eigenvalue weighted by Crippen LogP contribution is 2.31. The van der Waals surface area contributed by atoms with E-state index in [1.807, 2.05) is 48.7 Å². The van der Waals surface area contributed by atoms with Gasteiger partial charge in [-0.3, -0.25) is 19.1 Å². The lowest BCUT2D eigenvalue weighted by Gasteiger charge is -2.10. The lowest BCUT2D eigenvalue weighted by atomic mass is 10.0. The van der Waals surface area contributed by atoms with Crippen molar-refractivity contribution in [2.75, 3.05) is 0 Å². The number of fused-ring (bicyclic) bond motifs is 3. The van der Waals surface area contributed by atoms with Gasteiger partial charge in [-0.15, -0.1) is 0 Å². The summed E-state index contributed by atoms with van der Waals surface area (Å²) in [6.45, 7) is 0. The molecule has 0 spiro atoms. The first-order valence-corrected chi connectivity index (χ1v) is 10.5. The minimum Gasteiger partial charge on any atom is -0.293 e. The van der Waals surface area contributed by atoms with Crippen LogP contribution < -0.4 is 5.69 Å². The number of benzene rings is 2. The molecule has 8 nitrogen and oxygen atoms in total. The maximum absolute atomic E-state index is 13.3. The van der Waals surface area contributed by atoms with Crippen LogP contribution in [0.4, 0.5) is 0 Å². The maximum Gasteiger partial charge on any atom is 0.333 e. The van der Waals surface area contributed by atoms with Crippen molar-refractivity contribution in [3.8, 4) is 22.5 Å². The van der Waals surface area contributed by atoms with Crippen LogP contribution >= 0.6 is 11.6 Å². The Morgan fingerprint density at radius 3 is 2.64 bits per heavy atom. The zero-order valence-electron chi connectivity index (χ0n) is 17.4. The molecule has 0 bridgehead atoms. The first-order chi connectivity index (χ1) is 16.1. The first-order valence-electron chi connectivity index (χ1n) is 10.2. The third kappa shape index (κ3) is 3.03. The van der Waals surface area contributed by atoms with E-state index < -0.39 is 0 Å². The highest BCUT2D eigenvalue weighted by molar-refractivity contribution is 6.32. The minimum absolute atomic E-state index is 0.185. The molecule has 0 saturated heterocycles. The van der Waals surface area contributed by atoms with Gasteiger partial charge in [-0.1, -0.05) is 23.7 Å². The van der Waals surface area contributed by atoms with Gasteiger partial charge in [-0.25, -0.2) is 14.5 Å². The van der Waals surface area contributed by atoms with Gasteiger partial charge in [0.05, 0.1) is 39.1 Å². The Morgan fingerprint density at radius 2 is 1.88 bits per heavy atom. The fraction of sp³-hybridized carbons (Fsp3) is 0.0417. The van der Waals surface area contributed by atoms with E-state index in [1.165, 1.54) is 6.33 Å². The number of hydrogen-bond donors (Lipinski definition) is 0. The molecule has 4 heterocycles. The predicted molar refractivity (Wildman–Crippen MR) is 127 cm³/mol. The summed E-state index contributed by atoms with van der Waals surface area (Å²) in [4.78, 5) is 26.1. The van der Waals surface area contributed by atoms with Gasteiger partial charge in [-0.05, 0) is 42.0 Å². The van der Waals surface area contributed by atoms with Gasteiger partial charge in [0, 0.05) is 30.4 Å². The highest BCUT2D eigenvalue weighted by Gasteiger charge is 2.18. The molecule has 6 rings (SSSR count). The molecule has 0 amide bonds. The fourth-order valence-corrected chi connectivity index (χ4v) is 4.36. The van der Waals surface area contributed by atoms with Crippen molar-refractivity contribution in [3.63, 3.8) is 0 Å². The summed E-state index contributed by atoms with van der Waals surface area (Å²) in [5.74, 6) is 0. The number of rotatable bonds is 3. The second-order valence-electron chi connectivity index (χ2n) is 7.62. The summed E-state index contributed by atoms with van der Waals surface area (Å²) in [5.41, 5.74) is 5.41. The monoisotopic (exact) mass is 453 g/mol. The predicted octanol–water partition coefficient (Wildman–Crippen LogP) is 4.17. The van der Waals surface area contributed by atoms with Crippen LogP contribution in [-0.4, -0.2) is 33.9 Å². The van der Waals surface area contributed by atoms with Crippen LogP contribution in [0.2, 0.25) is 5.02 Å². The molecule has 0 atom stereocenters. The molecule has 6 aromatic rings. The van der Waals surface area contributed by atoms with Gasteiger partial charge >= 0.3 is 5.69 Å². The van der Waals surface area contributed by atoms with Gasteiger partial charge in [0.2, 0.25) is 0 Å². The van der Waals surface area contributed by atoms with E-state index in [-0.39, 0.29) is 5.69 Å². The molecule has 0 N–H and O–H groups in total. The van der Waals surface area contributed by atoms with E-state index in [4.69, 9.17) is 11.6 Å². The topological polar surface area (TPSA) is 83.4 Å². The van der Waals surface area contributed by atoms with E-state index in [1.54, 1.807) is 45.7 Å². The van der Waals surface area contributed by atoms with E-state index in [0.717, 1.165) is 33.1 Å². The largest absolute Gasteiger partial charge is 0.333 e. The SMILES string of the molecule is Cn1c(=O)n(-c2ccc(-n3cncn3)c(Cl)c2)c2c3cc(-c4cccnc4)ccc3ncc21. The number of nitrogens with zero attached hydrogens (tertiary/aromatic N) is 7. The molecule has 0 aliphatic heterocycles. The van der Waals surface area contributed by atoms with E-state index in [0.29, 0.717) is 16.4 Å². The average Bonchev–Trinajstić information content (AvgIpc) is 3.46. The number of aromatic nitrogens is 7. The van der Waals surface area contributed by atoms with E-state index >= 15 is 0 Å². The lowest BCUT2D eigenvalue weighted by Crippen LogP contribution is -2.20. The number of aryl methyl sites for hydroxylation is 1. The molecule has 160 valence electrons. The van der Waals surface area contributed by atoms with E-state index in [9.17, 15) is 4.79 Å². The zero-order chi connectivity index (χ0) is 22.5. The molecule has 33 heavy (non-hydrogen) atoms. The molecule has 0 saturated carbocycles. The number of imidazole rings is 1. The van der Waals surface area contributed by atoms with Crippen LogP contribution in [0.3, 0.4) is 0 Å². The van der Waals surface area contributed by atoms with Gasteiger partial charge in [0.25, 0.3) is 0 Å². The first kappa shape index (κ1) is 19.4. The third-order valence-corrected chi connectivity index (χ3v) is 6.04. The Morgan fingerprint density at radius 1 is 0.970 bits per heavy atom. The van der Waals surface area contributed by atoms with Gasteiger partial charge in [0.1, 0.15) is 12.7 Å². The highest BCUT2D eigenvalue weighted by atomic mass is 35.5. The van der Waals surface area contributed by atoms with Crippen molar-refractivity contribution in [2.24, 2.45) is 7.05 Å². The molecule has 2 aromatic carbocycles. The molecule has 0 radical (unpaired) electrons. The van der Waals surface area contributed by atoms with Crippen molar-refractivity contribution in [2.45, 2.75) is 0 Å². The Hall–Kier alpha value is -4.30. The molecular formula is C24H16ClN7O. The zero-order valence-corrected chi connectivity index (χ0v) is 18.2. The molecule has 9 heteroatoms. The second-order valence-corrected chi connectivity index (χ2v) is 8.03. The minimum atomic E-state index is -0.185. The van der Waals surface area contributed by atoms with Crippen molar-refractivity contribution >= 4 is 33.5 Å². The third-order valence-electron chi connectivity index (χ3n) is 5.73. The maximum atomic E-state index is 13.3. The van der Waals surface area contributed by atoms with Crippen molar-refractivity contribution in [1.82, 2.24) is 33.9 Å². The van der Waals surface area contributed by atoms with Crippen molar-refractivity contribution < 1.29 is 0 Å². The fourth-order valence-electron chi connectivity index (χ4n) is 4.10. The van der Waals surface area contributed by atoms with Crippen molar-refractivity contribution in [1.29, 1.82) is 0 Å². The molecule has 0 unspecified atom stereocenters. The summed E-state index contributed by atoms with van der Waals surface area (Å²) < 4.78 is 4.85. The summed E-state index contributed by atoms with van der Waals surface area (Å²) in [6, 6.07) is 15.3. The molecule has 0 aliphatic rings. The smallest absolute Gasteiger partial charge is 0.293 e. The Bertz CT molecular complexity index is 1700. The standard InChI is InChI=1S/C24H16ClN7O/c1-30-22-12-28-20-6-4-15(16-3-2-8-26-11-16)9-18(20)23(22)32(24(30)33)17-5-7-21(19(25)10-17)31-14-27-13-29-31/h2-14H,1H3. The van der Waals surface area contributed by atoms with Gasteiger partial charge in [-0.2, -0.15) is 5.10 Å². The quantitative estimate of drug-likeness (QED) is 0.401. The summed E-state index contributed by atoms with van der Waals surface area (Å²) in [7, 11) is 1.74. The molecule has 4 aromatic heterocycles. The molecule has 0 fully saturated rings. The summed E-state index contributed by atoms with van der Waals surface area (Å²) in [5, 5.41) is 5.45. The Kier molecular flexibility index (Phi) is 4.34. The molecular weight excluding hydrogens is 438 g/mol. The Labute approximate surface area is 192 Å². The average molecular weight is 454 g/mol. The van der Waals surface area contributed by atoms with Crippen LogP contribution in [0.1, 0.15) is 0 Å². The van der Waals surface area contributed by atoms with Crippen LogP contribution in [0.25, 0.3) is 44.4 Å². The number of halogens is 1. The molecule has 0 aliphatic carbocycles. The normalized spacial score (nSPS) is 11.5. The summed E-state index contributed by atoms with van der Waals surface area (Å²) >= 11 is 6.57. The van der Waals surface area contributed by atoms with Gasteiger partial charge < -0.3 is 0 Å². The van der Waals surface area contributed by atoms with Crippen LogP contribution in [0.5, 0.6) is 0 Å². The summed E-state index contributed by atoms with van der Waals surface area (Å²) in [6.07, 6.45) is 8.30. The number of pyridine rings is 2. The lowest BCUT2D eigenvalue weighted by molar-refractivity contribution is 0.843. The van der Waals surface area contributed by atoms with E-state index in [2.05, 4.69) is 20.1 Å². The van der Waals surface area contributed by atoms with Crippen LogP contribution in [-0.2, 0) is 7.05 Å². The number of hydrogen-bond acceptors (Lipinski definition) is 5. The van der Waals surface area contributed by atoms with Crippen LogP contribution in [0.15, 0.2) is 84.6 Å². The Balaban J connectivity index is 1.64. The van der Waals surface area contributed by atoms with Gasteiger partial charge in [0.15, 0.2) is 0 Å². The van der Waals surface area contributed by atoms with Crippen molar-refractivity contribution in [3.05, 3.63) is 95.3 Å².